The van der Waals surface area contributed by atoms with E-state index in [1.165, 1.54) is 12.1 Å². The zero-order valence-corrected chi connectivity index (χ0v) is 13.4. The standard InChI is InChI=1S/C13H17ClN4O2S/c1-9-7-16-18(8-9)4-3-17-21(19,20)11-5-12(14)10(2)13(15)6-11/h5-8,17H,3-4,15H2,1-2H3. The molecule has 1 aromatic heterocycles. The Morgan fingerprint density at radius 3 is 2.67 bits per heavy atom. The Hall–Kier alpha value is -1.57. The van der Waals surface area contributed by atoms with Gasteiger partial charge in [0, 0.05) is 23.5 Å². The molecule has 0 fully saturated rings. The Morgan fingerprint density at radius 1 is 1.38 bits per heavy atom. The fraction of sp³-hybridized carbons (Fsp3) is 0.308. The number of sulfonamides is 1. The number of nitrogens with zero attached hydrogens (tertiary/aromatic N) is 2. The lowest BCUT2D eigenvalue weighted by molar-refractivity contribution is 0.561. The maximum atomic E-state index is 12.2. The van der Waals surface area contributed by atoms with Crippen molar-refractivity contribution in [2.24, 2.45) is 0 Å². The predicted molar refractivity (Wildman–Crippen MR) is 82.8 cm³/mol. The van der Waals surface area contributed by atoms with Gasteiger partial charge in [0.05, 0.1) is 17.6 Å². The van der Waals surface area contributed by atoms with Gasteiger partial charge in [0.2, 0.25) is 10.0 Å². The quantitative estimate of drug-likeness (QED) is 0.818. The van der Waals surface area contributed by atoms with Gasteiger partial charge in [-0.1, -0.05) is 11.6 Å². The molecule has 8 heteroatoms. The van der Waals surface area contributed by atoms with Gasteiger partial charge in [0.25, 0.3) is 0 Å². The van der Waals surface area contributed by atoms with Gasteiger partial charge in [-0.15, -0.1) is 0 Å². The second-order valence-electron chi connectivity index (χ2n) is 4.80. The molecule has 6 nitrogen and oxygen atoms in total. The summed E-state index contributed by atoms with van der Waals surface area (Å²) in [7, 11) is -3.64. The van der Waals surface area contributed by atoms with Gasteiger partial charge in [-0.2, -0.15) is 5.10 Å². The van der Waals surface area contributed by atoms with Crippen LogP contribution in [0.25, 0.3) is 0 Å². The van der Waals surface area contributed by atoms with Crippen molar-refractivity contribution in [3.63, 3.8) is 0 Å². The highest BCUT2D eigenvalue weighted by Crippen LogP contribution is 2.25. The summed E-state index contributed by atoms with van der Waals surface area (Å²) in [5.41, 5.74) is 7.80. The number of halogens is 1. The van der Waals surface area contributed by atoms with Crippen molar-refractivity contribution in [3.8, 4) is 0 Å². The zero-order chi connectivity index (χ0) is 15.6. The molecule has 0 aliphatic carbocycles. The van der Waals surface area contributed by atoms with Crippen molar-refractivity contribution in [2.45, 2.75) is 25.3 Å². The minimum absolute atomic E-state index is 0.0623. The first-order valence-electron chi connectivity index (χ1n) is 6.34. The van der Waals surface area contributed by atoms with E-state index < -0.39 is 10.0 Å². The van der Waals surface area contributed by atoms with Gasteiger partial charge < -0.3 is 5.73 Å². The van der Waals surface area contributed by atoms with Crippen molar-refractivity contribution >= 4 is 27.3 Å². The molecule has 0 saturated carbocycles. The first-order chi connectivity index (χ1) is 9.79. The Labute approximate surface area is 129 Å². The number of aromatic nitrogens is 2. The van der Waals surface area contributed by atoms with Gasteiger partial charge in [0.15, 0.2) is 0 Å². The van der Waals surface area contributed by atoms with E-state index in [1.807, 2.05) is 13.1 Å². The highest BCUT2D eigenvalue weighted by Gasteiger charge is 2.16. The normalized spacial score (nSPS) is 11.8. The van der Waals surface area contributed by atoms with Crippen LogP contribution in [-0.4, -0.2) is 24.7 Å². The Balaban J connectivity index is 2.08. The van der Waals surface area contributed by atoms with Crippen molar-refractivity contribution in [1.82, 2.24) is 14.5 Å². The summed E-state index contributed by atoms with van der Waals surface area (Å²) >= 11 is 5.97. The van der Waals surface area contributed by atoms with Gasteiger partial charge in [-0.3, -0.25) is 4.68 Å². The molecule has 2 rings (SSSR count). The maximum absolute atomic E-state index is 12.2. The molecule has 0 amide bonds. The van der Waals surface area contributed by atoms with Crippen molar-refractivity contribution < 1.29 is 8.42 Å². The topological polar surface area (TPSA) is 90.0 Å². The zero-order valence-electron chi connectivity index (χ0n) is 11.8. The van der Waals surface area contributed by atoms with Gasteiger partial charge >= 0.3 is 0 Å². The van der Waals surface area contributed by atoms with Gasteiger partial charge in [0.1, 0.15) is 0 Å². The minimum atomic E-state index is -3.64. The van der Waals surface area contributed by atoms with Crippen LogP contribution in [0.2, 0.25) is 5.02 Å². The fourth-order valence-electron chi connectivity index (χ4n) is 1.80. The van der Waals surface area contributed by atoms with Crippen molar-refractivity contribution in [2.75, 3.05) is 12.3 Å². The molecule has 1 heterocycles. The summed E-state index contributed by atoms with van der Waals surface area (Å²) in [6.45, 7) is 4.34. The fourth-order valence-corrected chi connectivity index (χ4v) is 3.17. The number of nitrogen functional groups attached to an aromatic ring is 1. The number of anilines is 1. The second-order valence-corrected chi connectivity index (χ2v) is 6.97. The van der Waals surface area contributed by atoms with E-state index in [-0.39, 0.29) is 11.4 Å². The number of nitrogens with one attached hydrogen (secondary N) is 1. The molecule has 0 atom stereocenters. The molecule has 0 aliphatic heterocycles. The van der Waals surface area contributed by atoms with Crippen LogP contribution < -0.4 is 10.5 Å². The Kier molecular flexibility index (Phi) is 4.55. The van der Waals surface area contributed by atoms with Crippen LogP contribution >= 0.6 is 11.6 Å². The molecular weight excluding hydrogens is 312 g/mol. The molecule has 0 radical (unpaired) electrons. The molecule has 0 saturated heterocycles. The third-order valence-corrected chi connectivity index (χ3v) is 4.90. The van der Waals surface area contributed by atoms with E-state index in [0.29, 0.717) is 22.8 Å². The first-order valence-corrected chi connectivity index (χ1v) is 8.20. The number of benzene rings is 1. The molecule has 0 bridgehead atoms. The predicted octanol–water partition coefficient (Wildman–Crippen LogP) is 1.71. The van der Waals surface area contributed by atoms with Crippen molar-refractivity contribution in [3.05, 3.63) is 40.7 Å². The first kappa shape index (κ1) is 15.8. The summed E-state index contributed by atoms with van der Waals surface area (Å²) in [6, 6.07) is 2.80. The third-order valence-electron chi connectivity index (χ3n) is 3.06. The monoisotopic (exact) mass is 328 g/mol. The third kappa shape index (κ3) is 3.75. The molecule has 21 heavy (non-hydrogen) atoms. The van der Waals surface area contributed by atoms with E-state index in [9.17, 15) is 8.42 Å². The van der Waals surface area contributed by atoms with E-state index in [0.717, 1.165) is 5.56 Å². The minimum Gasteiger partial charge on any atom is -0.398 e. The smallest absolute Gasteiger partial charge is 0.240 e. The number of rotatable bonds is 5. The molecule has 2 aromatic rings. The summed E-state index contributed by atoms with van der Waals surface area (Å²) in [6.07, 6.45) is 3.56. The number of hydrogen-bond acceptors (Lipinski definition) is 4. The van der Waals surface area contributed by atoms with Crippen LogP contribution in [0.5, 0.6) is 0 Å². The Morgan fingerprint density at radius 2 is 2.10 bits per heavy atom. The summed E-state index contributed by atoms with van der Waals surface area (Å²) < 4.78 is 28.6. The van der Waals surface area contributed by atoms with Crippen molar-refractivity contribution in [1.29, 1.82) is 0 Å². The maximum Gasteiger partial charge on any atom is 0.240 e. The summed E-state index contributed by atoms with van der Waals surface area (Å²) in [5.74, 6) is 0. The molecule has 114 valence electrons. The van der Waals surface area contributed by atoms with E-state index in [1.54, 1.807) is 17.8 Å². The average Bonchev–Trinajstić information content (AvgIpc) is 2.81. The highest BCUT2D eigenvalue weighted by molar-refractivity contribution is 7.89. The lowest BCUT2D eigenvalue weighted by Gasteiger charge is -2.10. The average molecular weight is 329 g/mol. The molecule has 1 aromatic carbocycles. The second kappa shape index (κ2) is 6.05. The molecule has 3 N–H and O–H groups in total. The van der Waals surface area contributed by atoms with Gasteiger partial charge in [-0.05, 0) is 37.1 Å². The lowest BCUT2D eigenvalue weighted by Crippen LogP contribution is -2.27. The molecule has 0 spiro atoms. The van der Waals surface area contributed by atoms with Crippen LogP contribution in [0.4, 0.5) is 5.69 Å². The van der Waals surface area contributed by atoms with Gasteiger partial charge in [-0.25, -0.2) is 13.1 Å². The largest absolute Gasteiger partial charge is 0.398 e. The van der Waals surface area contributed by atoms with E-state index in [4.69, 9.17) is 17.3 Å². The van der Waals surface area contributed by atoms with E-state index >= 15 is 0 Å². The SMILES string of the molecule is Cc1cnn(CCNS(=O)(=O)c2cc(N)c(C)c(Cl)c2)c1. The molecule has 0 unspecified atom stereocenters. The number of hydrogen-bond donors (Lipinski definition) is 2. The summed E-state index contributed by atoms with van der Waals surface area (Å²) in [4.78, 5) is 0.0623. The van der Waals surface area contributed by atoms with Crippen LogP contribution in [-0.2, 0) is 16.6 Å². The Bertz CT molecular complexity index is 732. The number of nitrogens with two attached hydrogens (primary N) is 1. The molecule has 0 aliphatic rings. The summed E-state index contributed by atoms with van der Waals surface area (Å²) in [5, 5.41) is 4.42. The van der Waals surface area contributed by atoms with E-state index in [2.05, 4.69) is 9.82 Å². The van der Waals surface area contributed by atoms with Crippen LogP contribution in [0.3, 0.4) is 0 Å². The number of aryl methyl sites for hydroxylation is 1. The van der Waals surface area contributed by atoms with Crippen LogP contribution in [0.15, 0.2) is 29.4 Å². The van der Waals surface area contributed by atoms with Crippen LogP contribution in [0.1, 0.15) is 11.1 Å². The van der Waals surface area contributed by atoms with Crippen LogP contribution in [0, 0.1) is 13.8 Å². The molecular formula is C13H17ClN4O2S. The highest BCUT2D eigenvalue weighted by atomic mass is 35.5. The lowest BCUT2D eigenvalue weighted by atomic mass is 10.2.